The van der Waals surface area contributed by atoms with E-state index in [0.717, 1.165) is 25.7 Å². The van der Waals surface area contributed by atoms with Crippen LogP contribution in [0, 0.1) is 40.4 Å². The van der Waals surface area contributed by atoms with Crippen LogP contribution in [-0.2, 0) is 14.3 Å². The number of carbonyl (C=O) groups excluding carboxylic acids is 2. The average molecular weight is 335 g/mol. The molecule has 1 aliphatic heterocycles. The molecule has 2 saturated carbocycles. The van der Waals surface area contributed by atoms with Crippen molar-refractivity contribution in [3.05, 3.63) is 0 Å². The van der Waals surface area contributed by atoms with Gasteiger partial charge in [0.25, 0.3) is 0 Å². The van der Waals surface area contributed by atoms with Crippen LogP contribution in [0.2, 0.25) is 0 Å². The third-order valence-corrected chi connectivity index (χ3v) is 7.80. The molecule has 1 saturated heterocycles. The predicted octanol–water partition coefficient (Wildman–Crippen LogP) is 4.63. The van der Waals surface area contributed by atoms with Gasteiger partial charge in [0.15, 0.2) is 0 Å². The van der Waals surface area contributed by atoms with Gasteiger partial charge in [-0.3, -0.25) is 9.59 Å². The van der Waals surface area contributed by atoms with Crippen LogP contribution in [0.5, 0.6) is 0 Å². The van der Waals surface area contributed by atoms with Crippen molar-refractivity contribution in [2.45, 2.75) is 79.8 Å². The van der Waals surface area contributed by atoms with E-state index in [-0.39, 0.29) is 34.7 Å². The molecular weight excluding hydrogens is 300 g/mol. The zero-order chi connectivity index (χ0) is 17.9. The molecule has 3 rings (SSSR count). The summed E-state index contributed by atoms with van der Waals surface area (Å²) in [6.45, 7) is 13.2. The highest BCUT2D eigenvalue weighted by atomic mass is 16.6. The van der Waals surface area contributed by atoms with Gasteiger partial charge in [0, 0.05) is 23.7 Å². The largest absolute Gasteiger partial charge is 0.462 e. The number of fused-ring (bicyclic) bond motifs is 1. The highest BCUT2D eigenvalue weighted by Gasteiger charge is 2.62. The number of hydrogen-bond donors (Lipinski definition) is 0. The van der Waals surface area contributed by atoms with Crippen molar-refractivity contribution >= 4 is 11.8 Å². The summed E-state index contributed by atoms with van der Waals surface area (Å²) in [4.78, 5) is 25.4. The first-order chi connectivity index (χ1) is 11.1. The molecule has 0 aromatic carbocycles. The minimum absolute atomic E-state index is 0.000590. The van der Waals surface area contributed by atoms with Gasteiger partial charge in [-0.15, -0.1) is 0 Å². The van der Waals surface area contributed by atoms with Crippen molar-refractivity contribution in [2.75, 3.05) is 0 Å². The Morgan fingerprint density at radius 2 is 1.92 bits per heavy atom. The number of ether oxygens (including phenoxy) is 1. The van der Waals surface area contributed by atoms with Gasteiger partial charge in [-0.2, -0.15) is 0 Å². The Bertz CT molecular complexity index is 532. The third-order valence-electron chi connectivity index (χ3n) is 7.80. The summed E-state index contributed by atoms with van der Waals surface area (Å²) in [5.41, 5.74) is -0.369. The van der Waals surface area contributed by atoms with E-state index in [1.165, 1.54) is 0 Å². The average Bonchev–Trinajstić information content (AvgIpc) is 3.10. The quantitative estimate of drug-likeness (QED) is 0.665. The van der Waals surface area contributed by atoms with Gasteiger partial charge in [0.05, 0.1) is 5.92 Å². The second-order valence-corrected chi connectivity index (χ2v) is 9.99. The molecule has 3 heteroatoms. The number of esters is 1. The van der Waals surface area contributed by atoms with Crippen LogP contribution in [0.4, 0.5) is 0 Å². The fourth-order valence-electron chi connectivity index (χ4n) is 5.48. The van der Waals surface area contributed by atoms with Crippen LogP contribution in [0.15, 0.2) is 0 Å². The molecule has 3 nitrogen and oxygen atoms in total. The topological polar surface area (TPSA) is 43.4 Å². The lowest BCUT2D eigenvalue weighted by molar-refractivity contribution is -0.146. The molecule has 0 aromatic rings. The number of carbonyl (C=O) groups is 2. The normalized spacial score (nSPS) is 38.1. The van der Waals surface area contributed by atoms with Crippen molar-refractivity contribution in [3.63, 3.8) is 0 Å². The van der Waals surface area contributed by atoms with Crippen molar-refractivity contribution in [1.82, 2.24) is 0 Å². The van der Waals surface area contributed by atoms with Crippen LogP contribution >= 0.6 is 0 Å². The summed E-state index contributed by atoms with van der Waals surface area (Å²) < 4.78 is 5.66. The zero-order valence-electron chi connectivity index (χ0n) is 16.2. The second kappa shape index (κ2) is 5.85. The minimum Gasteiger partial charge on any atom is -0.462 e. The van der Waals surface area contributed by atoms with E-state index in [1.54, 1.807) is 0 Å². The minimum atomic E-state index is -0.313. The lowest BCUT2D eigenvalue weighted by Gasteiger charge is -2.43. The molecule has 0 N–H and O–H groups in total. The van der Waals surface area contributed by atoms with Gasteiger partial charge in [0.1, 0.15) is 11.9 Å². The summed E-state index contributed by atoms with van der Waals surface area (Å²) in [6.07, 6.45) is 4.72. The van der Waals surface area contributed by atoms with E-state index >= 15 is 0 Å². The molecular formula is C21H34O3. The molecule has 0 aromatic heterocycles. The van der Waals surface area contributed by atoms with E-state index in [0.29, 0.717) is 30.0 Å². The van der Waals surface area contributed by atoms with E-state index in [2.05, 4.69) is 41.5 Å². The SMILES string of the molecule is CCC(C)CC(C)(C(=O)CC1C2CC3C(=O)OC1C3C2)C(C)(C)C. The molecule has 2 aliphatic carbocycles. The zero-order valence-corrected chi connectivity index (χ0v) is 16.2. The van der Waals surface area contributed by atoms with Crippen LogP contribution in [0.25, 0.3) is 0 Å². The van der Waals surface area contributed by atoms with Gasteiger partial charge < -0.3 is 4.74 Å². The lowest BCUT2D eigenvalue weighted by Crippen LogP contribution is -2.43. The van der Waals surface area contributed by atoms with Crippen molar-refractivity contribution in [2.24, 2.45) is 40.4 Å². The van der Waals surface area contributed by atoms with Gasteiger partial charge in [-0.1, -0.05) is 48.0 Å². The van der Waals surface area contributed by atoms with Gasteiger partial charge >= 0.3 is 5.97 Å². The molecule has 0 spiro atoms. The summed E-state index contributed by atoms with van der Waals surface area (Å²) in [6, 6.07) is 0. The maximum absolute atomic E-state index is 13.4. The molecule has 136 valence electrons. The van der Waals surface area contributed by atoms with Gasteiger partial charge in [-0.05, 0) is 36.5 Å². The summed E-state index contributed by atoms with van der Waals surface area (Å²) >= 11 is 0. The number of hydrogen-bond acceptors (Lipinski definition) is 3. The molecule has 3 aliphatic rings. The van der Waals surface area contributed by atoms with Crippen molar-refractivity contribution < 1.29 is 14.3 Å². The van der Waals surface area contributed by atoms with E-state index in [4.69, 9.17) is 4.74 Å². The van der Waals surface area contributed by atoms with Crippen molar-refractivity contribution in [1.29, 1.82) is 0 Å². The van der Waals surface area contributed by atoms with Crippen LogP contribution < -0.4 is 0 Å². The van der Waals surface area contributed by atoms with Gasteiger partial charge in [-0.25, -0.2) is 0 Å². The Labute approximate surface area is 146 Å². The highest BCUT2D eigenvalue weighted by Crippen LogP contribution is 2.59. The van der Waals surface area contributed by atoms with E-state index < -0.39 is 0 Å². The fraction of sp³-hybridized carbons (Fsp3) is 0.905. The fourth-order valence-corrected chi connectivity index (χ4v) is 5.48. The summed E-state index contributed by atoms with van der Waals surface area (Å²) in [7, 11) is 0. The number of ketones is 1. The smallest absolute Gasteiger partial charge is 0.309 e. The van der Waals surface area contributed by atoms with Crippen molar-refractivity contribution in [3.8, 4) is 0 Å². The van der Waals surface area contributed by atoms with Crippen LogP contribution in [0.3, 0.4) is 0 Å². The maximum atomic E-state index is 13.4. The molecule has 0 radical (unpaired) electrons. The van der Waals surface area contributed by atoms with E-state index in [1.807, 2.05) is 0 Å². The molecule has 1 heterocycles. The number of Topliss-reactive ketones (excluding diaryl/α,β-unsaturated/α-hetero) is 1. The number of rotatable bonds is 6. The first-order valence-corrected chi connectivity index (χ1v) is 9.82. The highest BCUT2D eigenvalue weighted by molar-refractivity contribution is 5.86. The second-order valence-electron chi connectivity index (χ2n) is 9.99. The predicted molar refractivity (Wildman–Crippen MR) is 94.3 cm³/mol. The molecule has 2 bridgehead atoms. The molecule has 24 heavy (non-hydrogen) atoms. The van der Waals surface area contributed by atoms with Gasteiger partial charge in [0.2, 0.25) is 0 Å². The molecule has 7 unspecified atom stereocenters. The Morgan fingerprint density at radius 3 is 2.50 bits per heavy atom. The Kier molecular flexibility index (Phi) is 4.37. The first-order valence-electron chi connectivity index (χ1n) is 9.82. The standard InChI is InChI=1S/C21H34O3/c1-7-12(2)11-21(6,20(3,4)5)17(22)10-14-13-8-15-16(9-13)19(23)24-18(14)15/h12-16,18H,7-11H2,1-6H3. The maximum Gasteiger partial charge on any atom is 0.309 e. The molecule has 3 fully saturated rings. The molecule has 7 atom stereocenters. The van der Waals surface area contributed by atoms with Crippen LogP contribution in [-0.4, -0.2) is 17.9 Å². The molecule has 0 amide bonds. The lowest BCUT2D eigenvalue weighted by atomic mass is 9.59. The Hall–Kier alpha value is -0.860. The third kappa shape index (κ3) is 2.63. The summed E-state index contributed by atoms with van der Waals surface area (Å²) in [5.74, 6) is 2.26. The Balaban J connectivity index is 1.76. The Morgan fingerprint density at radius 1 is 1.25 bits per heavy atom. The van der Waals surface area contributed by atoms with E-state index in [9.17, 15) is 9.59 Å². The van der Waals surface area contributed by atoms with Crippen LogP contribution in [0.1, 0.15) is 73.6 Å². The monoisotopic (exact) mass is 334 g/mol. The first kappa shape index (κ1) is 17.9. The summed E-state index contributed by atoms with van der Waals surface area (Å²) in [5, 5.41) is 0.